The minimum atomic E-state index is -0.439. The van der Waals surface area contributed by atoms with Gasteiger partial charge in [-0.25, -0.2) is 4.79 Å². The highest BCUT2D eigenvalue weighted by molar-refractivity contribution is 5.94. The van der Waals surface area contributed by atoms with E-state index in [0.717, 1.165) is 17.7 Å². The number of benzene rings is 1. The molecular formula is C18H21N3O3. The molecule has 2 aromatic rings. The predicted molar refractivity (Wildman–Crippen MR) is 90.5 cm³/mol. The van der Waals surface area contributed by atoms with Crippen LogP contribution in [0.3, 0.4) is 0 Å². The van der Waals surface area contributed by atoms with E-state index < -0.39 is 6.04 Å². The Balaban J connectivity index is 1.58. The fraction of sp³-hybridized carbons (Fsp3) is 0.333. The van der Waals surface area contributed by atoms with E-state index in [1.165, 1.54) is 0 Å². The summed E-state index contributed by atoms with van der Waals surface area (Å²) >= 11 is 0. The monoisotopic (exact) mass is 327 g/mol. The van der Waals surface area contributed by atoms with Gasteiger partial charge in [-0.15, -0.1) is 0 Å². The highest BCUT2D eigenvalue weighted by atomic mass is 16.3. The number of carbonyl (C=O) groups is 2. The van der Waals surface area contributed by atoms with E-state index in [2.05, 4.69) is 10.6 Å². The van der Waals surface area contributed by atoms with Crippen LogP contribution < -0.4 is 10.6 Å². The van der Waals surface area contributed by atoms with Crippen molar-refractivity contribution in [3.8, 4) is 0 Å². The van der Waals surface area contributed by atoms with Crippen LogP contribution >= 0.6 is 0 Å². The van der Waals surface area contributed by atoms with E-state index in [9.17, 15) is 9.59 Å². The summed E-state index contributed by atoms with van der Waals surface area (Å²) in [6.07, 6.45) is 3.06. The lowest BCUT2D eigenvalue weighted by molar-refractivity contribution is -0.124. The van der Waals surface area contributed by atoms with Gasteiger partial charge in [-0.1, -0.05) is 17.7 Å². The van der Waals surface area contributed by atoms with Crippen molar-refractivity contribution >= 4 is 17.6 Å². The van der Waals surface area contributed by atoms with Crippen LogP contribution in [0.2, 0.25) is 0 Å². The number of carbonyl (C=O) groups excluding carboxylic acids is 2. The highest BCUT2D eigenvalue weighted by Gasteiger charge is 2.34. The third-order valence-electron chi connectivity index (χ3n) is 4.14. The largest absolute Gasteiger partial charge is 0.467 e. The number of hydrogen-bond acceptors (Lipinski definition) is 3. The van der Waals surface area contributed by atoms with Crippen LogP contribution in [0.25, 0.3) is 0 Å². The maximum absolute atomic E-state index is 12.5. The zero-order valence-electron chi connectivity index (χ0n) is 13.6. The van der Waals surface area contributed by atoms with Crippen LogP contribution in [0.4, 0.5) is 10.5 Å². The Bertz CT molecular complexity index is 695. The van der Waals surface area contributed by atoms with Crippen LogP contribution in [-0.4, -0.2) is 29.4 Å². The Morgan fingerprint density at radius 3 is 2.75 bits per heavy atom. The number of hydrogen-bond donors (Lipinski definition) is 2. The summed E-state index contributed by atoms with van der Waals surface area (Å²) in [5, 5.41) is 5.68. The second kappa shape index (κ2) is 7.21. The molecule has 1 aliphatic rings. The van der Waals surface area contributed by atoms with Crippen molar-refractivity contribution < 1.29 is 14.0 Å². The van der Waals surface area contributed by atoms with E-state index in [4.69, 9.17) is 4.42 Å². The van der Waals surface area contributed by atoms with Crippen molar-refractivity contribution in [1.82, 2.24) is 10.2 Å². The Labute approximate surface area is 140 Å². The van der Waals surface area contributed by atoms with Gasteiger partial charge in [0.15, 0.2) is 0 Å². The summed E-state index contributed by atoms with van der Waals surface area (Å²) in [5.74, 6) is 0.542. The van der Waals surface area contributed by atoms with Crippen LogP contribution in [0.5, 0.6) is 0 Å². The second-order valence-corrected chi connectivity index (χ2v) is 5.94. The van der Waals surface area contributed by atoms with Gasteiger partial charge in [0.1, 0.15) is 11.8 Å². The lowest BCUT2D eigenvalue weighted by atomic mass is 10.2. The van der Waals surface area contributed by atoms with Crippen molar-refractivity contribution in [2.24, 2.45) is 0 Å². The molecule has 0 bridgehead atoms. The fourth-order valence-electron chi connectivity index (χ4n) is 2.82. The molecule has 1 aliphatic heterocycles. The van der Waals surface area contributed by atoms with Gasteiger partial charge < -0.3 is 20.0 Å². The van der Waals surface area contributed by atoms with Gasteiger partial charge in [0, 0.05) is 12.2 Å². The molecule has 1 aromatic heterocycles. The first-order valence-electron chi connectivity index (χ1n) is 8.08. The molecule has 1 saturated heterocycles. The average Bonchev–Trinajstić information content (AvgIpc) is 3.26. The SMILES string of the molecule is Cc1ccc(NC(=O)N2CCC[C@@H]2C(=O)NCc2ccco2)cc1. The third kappa shape index (κ3) is 3.76. The minimum Gasteiger partial charge on any atom is -0.467 e. The topological polar surface area (TPSA) is 74.6 Å². The summed E-state index contributed by atoms with van der Waals surface area (Å²) in [5.41, 5.74) is 1.86. The van der Waals surface area contributed by atoms with Gasteiger partial charge in [0.05, 0.1) is 12.8 Å². The Hall–Kier alpha value is -2.76. The van der Waals surface area contributed by atoms with Crippen molar-refractivity contribution in [3.63, 3.8) is 0 Å². The first-order chi connectivity index (χ1) is 11.6. The van der Waals surface area contributed by atoms with Gasteiger partial charge in [-0.05, 0) is 44.0 Å². The third-order valence-corrected chi connectivity index (χ3v) is 4.14. The molecule has 1 aromatic carbocycles. The number of likely N-dealkylation sites (tertiary alicyclic amines) is 1. The van der Waals surface area contributed by atoms with Crippen LogP contribution in [0.1, 0.15) is 24.2 Å². The minimum absolute atomic E-state index is 0.150. The summed E-state index contributed by atoms with van der Waals surface area (Å²) < 4.78 is 5.20. The predicted octanol–water partition coefficient (Wildman–Crippen LogP) is 2.90. The molecule has 0 spiro atoms. The lowest BCUT2D eigenvalue weighted by Crippen LogP contribution is -2.47. The van der Waals surface area contributed by atoms with Crippen molar-refractivity contribution in [2.75, 3.05) is 11.9 Å². The molecule has 0 radical (unpaired) electrons. The van der Waals surface area contributed by atoms with E-state index in [1.54, 1.807) is 23.3 Å². The molecule has 2 N–H and O–H groups in total. The maximum Gasteiger partial charge on any atom is 0.322 e. The second-order valence-electron chi connectivity index (χ2n) is 5.94. The Morgan fingerprint density at radius 2 is 2.04 bits per heavy atom. The Morgan fingerprint density at radius 1 is 1.25 bits per heavy atom. The molecule has 3 amide bonds. The number of nitrogens with zero attached hydrogens (tertiary/aromatic N) is 1. The van der Waals surface area contributed by atoms with E-state index in [1.807, 2.05) is 31.2 Å². The highest BCUT2D eigenvalue weighted by Crippen LogP contribution is 2.19. The number of rotatable bonds is 4. The lowest BCUT2D eigenvalue weighted by Gasteiger charge is -2.24. The fourth-order valence-corrected chi connectivity index (χ4v) is 2.82. The molecule has 24 heavy (non-hydrogen) atoms. The summed E-state index contributed by atoms with van der Waals surface area (Å²) in [6, 6.07) is 10.5. The van der Waals surface area contributed by atoms with Crippen molar-refractivity contribution in [2.45, 2.75) is 32.4 Å². The van der Waals surface area contributed by atoms with Crippen LogP contribution in [0, 0.1) is 6.92 Å². The molecule has 3 rings (SSSR count). The molecule has 1 atom stereocenters. The number of aryl methyl sites for hydroxylation is 1. The van der Waals surface area contributed by atoms with Gasteiger partial charge >= 0.3 is 6.03 Å². The molecule has 6 nitrogen and oxygen atoms in total. The van der Waals surface area contributed by atoms with E-state index >= 15 is 0 Å². The summed E-state index contributed by atoms with van der Waals surface area (Å²) in [6.45, 7) is 2.90. The number of nitrogens with one attached hydrogen (secondary N) is 2. The average molecular weight is 327 g/mol. The molecule has 6 heteroatoms. The number of anilines is 1. The molecule has 0 saturated carbocycles. The van der Waals surface area contributed by atoms with Gasteiger partial charge in [0.25, 0.3) is 0 Å². The zero-order chi connectivity index (χ0) is 16.9. The van der Waals surface area contributed by atoms with Gasteiger partial charge in [-0.2, -0.15) is 0 Å². The quantitative estimate of drug-likeness (QED) is 0.907. The van der Waals surface area contributed by atoms with Crippen molar-refractivity contribution in [3.05, 3.63) is 54.0 Å². The molecule has 0 unspecified atom stereocenters. The normalized spacial score (nSPS) is 16.9. The standard InChI is InChI=1S/C18H21N3O3/c1-13-6-8-14(9-7-13)20-18(23)21-10-2-5-16(21)17(22)19-12-15-4-3-11-24-15/h3-4,6-9,11,16H,2,5,10,12H2,1H3,(H,19,22)(H,20,23)/t16-/m1/s1. The maximum atomic E-state index is 12.5. The first-order valence-corrected chi connectivity index (χ1v) is 8.08. The molecular weight excluding hydrogens is 306 g/mol. The van der Waals surface area contributed by atoms with Gasteiger partial charge in [-0.3, -0.25) is 4.79 Å². The number of furan rings is 1. The smallest absolute Gasteiger partial charge is 0.322 e. The number of urea groups is 1. The van der Waals surface area contributed by atoms with Crippen LogP contribution in [0.15, 0.2) is 47.1 Å². The Kier molecular flexibility index (Phi) is 4.84. The van der Waals surface area contributed by atoms with Crippen molar-refractivity contribution in [1.29, 1.82) is 0 Å². The summed E-state index contributed by atoms with van der Waals surface area (Å²) in [4.78, 5) is 26.4. The summed E-state index contributed by atoms with van der Waals surface area (Å²) in [7, 11) is 0. The molecule has 0 aliphatic carbocycles. The molecule has 2 heterocycles. The van der Waals surface area contributed by atoms with Crippen LogP contribution in [-0.2, 0) is 11.3 Å². The first kappa shape index (κ1) is 16.1. The zero-order valence-corrected chi connectivity index (χ0v) is 13.6. The number of amides is 3. The van der Waals surface area contributed by atoms with Gasteiger partial charge in [0.2, 0.25) is 5.91 Å². The molecule has 126 valence electrons. The molecule has 1 fully saturated rings. The van der Waals surface area contributed by atoms with E-state index in [0.29, 0.717) is 25.3 Å². The van der Waals surface area contributed by atoms with E-state index in [-0.39, 0.29) is 11.9 Å².